The van der Waals surface area contributed by atoms with Crippen molar-refractivity contribution in [2.24, 2.45) is 47.3 Å². The van der Waals surface area contributed by atoms with Gasteiger partial charge in [0.15, 0.2) is 0 Å². The van der Waals surface area contributed by atoms with E-state index in [1.165, 1.54) is 0 Å². The molecule has 2 saturated heterocycles. The van der Waals surface area contributed by atoms with Crippen molar-refractivity contribution in [2.45, 2.75) is 0 Å². The van der Waals surface area contributed by atoms with Crippen molar-refractivity contribution < 1.29 is 19.2 Å². The van der Waals surface area contributed by atoms with Crippen LogP contribution < -0.4 is 10.6 Å². The normalized spacial score (nSPS) is 54.0. The molecule has 2 saturated carbocycles. The van der Waals surface area contributed by atoms with Gasteiger partial charge in [0, 0.05) is 0 Å². The summed E-state index contributed by atoms with van der Waals surface area (Å²) in [6.07, 6.45) is 3.97. The average Bonchev–Trinajstić information content (AvgIpc) is 2.78. The first-order valence-corrected chi connectivity index (χ1v) is 6.97. The van der Waals surface area contributed by atoms with E-state index >= 15 is 0 Å². The van der Waals surface area contributed by atoms with Crippen LogP contribution in [0.5, 0.6) is 0 Å². The number of nitrogens with one attached hydrogen (secondary N) is 2. The molecule has 2 N–H and O–H groups in total. The predicted molar refractivity (Wildman–Crippen MR) is 63.4 cm³/mol. The van der Waals surface area contributed by atoms with Crippen LogP contribution in [0.4, 0.5) is 0 Å². The van der Waals surface area contributed by atoms with Crippen LogP contribution in [-0.4, -0.2) is 23.6 Å². The summed E-state index contributed by atoms with van der Waals surface area (Å²) in [7, 11) is 0. The van der Waals surface area contributed by atoms with Gasteiger partial charge in [0.1, 0.15) is 0 Å². The standard InChI is InChI=1S/C14H12N2O4/c17-11-7-3-1-2-4(8(7)12(18)15-11)6-5(3)9-10(6)14(20)16-13(9)19/h1-10H,(H,15,17,18)(H,16,19,20)/t3-,4+,5-,6-,7-,8-,9-,10-/m1/s1. The number of carbonyl (C=O) groups excluding carboxylic acids is 4. The third kappa shape index (κ3) is 0.910. The largest absolute Gasteiger partial charge is 0.296 e. The van der Waals surface area contributed by atoms with E-state index in [9.17, 15) is 19.2 Å². The van der Waals surface area contributed by atoms with Gasteiger partial charge in [0.05, 0.1) is 23.7 Å². The summed E-state index contributed by atoms with van der Waals surface area (Å²) < 4.78 is 0. The van der Waals surface area contributed by atoms with Gasteiger partial charge in [-0.15, -0.1) is 0 Å². The zero-order valence-electron chi connectivity index (χ0n) is 10.4. The fourth-order valence-electron chi connectivity index (χ4n) is 5.44. The summed E-state index contributed by atoms with van der Waals surface area (Å²) in [6, 6.07) is 0. The minimum Gasteiger partial charge on any atom is -0.296 e. The van der Waals surface area contributed by atoms with E-state index in [0.29, 0.717) is 0 Å². The van der Waals surface area contributed by atoms with Gasteiger partial charge in [-0.05, 0) is 23.7 Å². The molecule has 0 unspecified atom stereocenters. The fourth-order valence-corrected chi connectivity index (χ4v) is 5.44. The number of fused-ring (bicyclic) bond motifs is 1. The molecule has 6 heteroatoms. The maximum Gasteiger partial charge on any atom is 0.231 e. The van der Waals surface area contributed by atoms with Gasteiger partial charge in [-0.3, -0.25) is 29.8 Å². The van der Waals surface area contributed by atoms with Crippen molar-refractivity contribution >= 4 is 23.6 Å². The molecule has 0 radical (unpaired) electrons. The summed E-state index contributed by atoms with van der Waals surface area (Å²) in [5.41, 5.74) is 0. The van der Waals surface area contributed by atoms with E-state index in [0.717, 1.165) is 0 Å². The molecule has 0 aromatic heterocycles. The van der Waals surface area contributed by atoms with Crippen LogP contribution in [0.1, 0.15) is 0 Å². The SMILES string of the molecule is O=C1NC(=O)[C@@H]2[C@@H]3C=C[C@H]([C@@H]12)[C@H]1[C@H]2C(=O)NC(=O)[C@@H]2[C@H]31. The van der Waals surface area contributed by atoms with Crippen molar-refractivity contribution in [3.8, 4) is 0 Å². The third-order valence-electron chi connectivity index (χ3n) is 6.03. The topological polar surface area (TPSA) is 92.3 Å². The molecule has 0 aromatic carbocycles. The monoisotopic (exact) mass is 272 g/mol. The van der Waals surface area contributed by atoms with Gasteiger partial charge in [0.2, 0.25) is 23.6 Å². The van der Waals surface area contributed by atoms with Crippen molar-refractivity contribution in [2.75, 3.05) is 0 Å². The van der Waals surface area contributed by atoms with Gasteiger partial charge in [-0.1, -0.05) is 12.2 Å². The summed E-state index contributed by atoms with van der Waals surface area (Å²) in [6.45, 7) is 0. The Morgan fingerprint density at radius 2 is 0.950 bits per heavy atom. The lowest BCUT2D eigenvalue weighted by atomic mass is 9.40. The second-order valence-corrected chi connectivity index (χ2v) is 6.50. The number of rotatable bonds is 0. The molecule has 4 fully saturated rings. The Kier molecular flexibility index (Phi) is 1.63. The lowest BCUT2D eigenvalue weighted by Gasteiger charge is -2.60. The van der Waals surface area contributed by atoms with Crippen LogP contribution >= 0.6 is 0 Å². The Hall–Kier alpha value is -1.98. The second-order valence-electron chi connectivity index (χ2n) is 6.50. The Balaban J connectivity index is 1.63. The maximum atomic E-state index is 12.0. The molecule has 102 valence electrons. The molecule has 0 aromatic rings. The number of hydrogen-bond acceptors (Lipinski definition) is 4. The van der Waals surface area contributed by atoms with Crippen LogP contribution in [0.2, 0.25) is 0 Å². The first kappa shape index (κ1) is 10.8. The van der Waals surface area contributed by atoms with Gasteiger partial charge >= 0.3 is 0 Å². The molecular weight excluding hydrogens is 260 g/mol. The Morgan fingerprint density at radius 1 is 0.600 bits per heavy atom. The molecule has 6 nitrogen and oxygen atoms in total. The van der Waals surface area contributed by atoms with E-state index in [2.05, 4.69) is 10.6 Å². The Morgan fingerprint density at radius 3 is 1.35 bits per heavy atom. The van der Waals surface area contributed by atoms with E-state index in [1.54, 1.807) is 0 Å². The van der Waals surface area contributed by atoms with E-state index in [1.807, 2.05) is 12.2 Å². The van der Waals surface area contributed by atoms with Crippen LogP contribution in [0.25, 0.3) is 0 Å². The summed E-state index contributed by atoms with van der Waals surface area (Å²) in [5.74, 6) is -2.21. The quantitative estimate of drug-likeness (QED) is 0.429. The number of imide groups is 2. The first-order chi connectivity index (χ1) is 9.59. The molecule has 8 atom stereocenters. The lowest BCUT2D eigenvalue weighted by Crippen LogP contribution is -2.63. The highest BCUT2D eigenvalue weighted by Gasteiger charge is 2.72. The highest BCUT2D eigenvalue weighted by Crippen LogP contribution is 2.66. The molecule has 2 heterocycles. The van der Waals surface area contributed by atoms with E-state index < -0.39 is 0 Å². The number of hydrogen-bond donors (Lipinski definition) is 2. The zero-order valence-corrected chi connectivity index (χ0v) is 10.4. The number of amides is 4. The van der Waals surface area contributed by atoms with Gasteiger partial charge in [-0.25, -0.2) is 0 Å². The highest BCUT2D eigenvalue weighted by atomic mass is 16.2. The van der Waals surface area contributed by atoms with E-state index in [4.69, 9.17) is 0 Å². The molecule has 2 bridgehead atoms. The molecule has 6 rings (SSSR count). The molecule has 4 aliphatic carbocycles. The average molecular weight is 272 g/mol. The molecule has 2 aliphatic heterocycles. The van der Waals surface area contributed by atoms with E-state index in [-0.39, 0.29) is 71.0 Å². The van der Waals surface area contributed by atoms with Crippen molar-refractivity contribution in [1.29, 1.82) is 0 Å². The summed E-state index contributed by atoms with van der Waals surface area (Å²) in [5, 5.41) is 4.81. The van der Waals surface area contributed by atoms with Crippen LogP contribution in [0.15, 0.2) is 12.2 Å². The van der Waals surface area contributed by atoms with Gasteiger partial charge in [0.25, 0.3) is 0 Å². The molecule has 6 aliphatic rings. The fraction of sp³-hybridized carbons (Fsp3) is 0.571. The smallest absolute Gasteiger partial charge is 0.231 e. The third-order valence-corrected chi connectivity index (χ3v) is 6.03. The van der Waals surface area contributed by atoms with Crippen molar-refractivity contribution in [1.82, 2.24) is 10.6 Å². The van der Waals surface area contributed by atoms with Crippen molar-refractivity contribution in [3.63, 3.8) is 0 Å². The molecule has 20 heavy (non-hydrogen) atoms. The van der Waals surface area contributed by atoms with Gasteiger partial charge in [-0.2, -0.15) is 0 Å². The molecular formula is C14H12N2O4. The summed E-state index contributed by atoms with van der Waals surface area (Å²) in [4.78, 5) is 47.8. The van der Waals surface area contributed by atoms with Crippen LogP contribution in [0.3, 0.4) is 0 Å². The Labute approximate surface area is 114 Å². The molecule has 0 spiro atoms. The van der Waals surface area contributed by atoms with Crippen LogP contribution in [0, 0.1) is 47.3 Å². The maximum absolute atomic E-state index is 12.0. The van der Waals surface area contributed by atoms with Crippen molar-refractivity contribution in [3.05, 3.63) is 12.2 Å². The Bertz CT molecular complexity index is 587. The van der Waals surface area contributed by atoms with Gasteiger partial charge < -0.3 is 0 Å². The predicted octanol–water partition coefficient (Wildman–Crippen LogP) is -1.17. The summed E-state index contributed by atoms with van der Waals surface area (Å²) >= 11 is 0. The minimum atomic E-state index is -0.344. The minimum absolute atomic E-state index is 0.0411. The second kappa shape index (κ2) is 3.02. The highest BCUT2D eigenvalue weighted by molar-refractivity contribution is 6.09. The number of carbonyl (C=O) groups is 4. The number of allylic oxidation sites excluding steroid dienone is 2. The lowest BCUT2D eigenvalue weighted by molar-refractivity contribution is -0.166. The zero-order chi connectivity index (χ0) is 13.8. The first-order valence-electron chi connectivity index (χ1n) is 6.97. The van der Waals surface area contributed by atoms with Crippen LogP contribution in [-0.2, 0) is 19.2 Å². The molecule has 4 amide bonds.